The highest BCUT2D eigenvalue weighted by Gasteiger charge is 2.18. The molecule has 5 nitrogen and oxygen atoms in total. The van der Waals surface area contributed by atoms with Crippen LogP contribution in [-0.4, -0.2) is 27.2 Å². The molecule has 0 aliphatic carbocycles. The molecule has 20 heavy (non-hydrogen) atoms. The molecule has 0 fully saturated rings. The first-order valence-corrected chi connectivity index (χ1v) is 7.67. The zero-order valence-corrected chi connectivity index (χ0v) is 13.4. The number of carbonyl (C=O) groups is 1. The van der Waals surface area contributed by atoms with E-state index >= 15 is 0 Å². The van der Waals surface area contributed by atoms with Crippen LogP contribution in [0.2, 0.25) is 10.0 Å². The van der Waals surface area contributed by atoms with Crippen molar-refractivity contribution in [1.29, 1.82) is 0 Å². The predicted molar refractivity (Wildman–Crippen MR) is 83.8 cm³/mol. The molecule has 0 aliphatic rings. The summed E-state index contributed by atoms with van der Waals surface area (Å²) >= 11 is 13.3. The van der Waals surface area contributed by atoms with Gasteiger partial charge < -0.3 is 10.6 Å². The second-order valence-corrected chi connectivity index (χ2v) is 5.68. The Morgan fingerprint density at radius 1 is 1.35 bits per heavy atom. The van der Waals surface area contributed by atoms with Crippen LogP contribution >= 0.6 is 34.9 Å². The Labute approximate surface area is 131 Å². The maximum Gasteiger partial charge on any atom is 0.242 e. The highest BCUT2D eigenvalue weighted by molar-refractivity contribution is 7.00. The summed E-state index contributed by atoms with van der Waals surface area (Å²) in [6, 6.07) is 1.18. The minimum absolute atomic E-state index is 0.0887. The number of hydrogen-bond acceptors (Lipinski definition) is 5. The molecule has 108 valence electrons. The van der Waals surface area contributed by atoms with Gasteiger partial charge in [-0.05, 0) is 19.4 Å². The topological polar surface area (TPSA) is 66.9 Å². The van der Waals surface area contributed by atoms with E-state index in [4.69, 9.17) is 23.2 Å². The fourth-order valence-corrected chi connectivity index (χ4v) is 2.86. The Balaban J connectivity index is 2.25. The van der Waals surface area contributed by atoms with Gasteiger partial charge in [0, 0.05) is 6.54 Å². The third kappa shape index (κ3) is 3.13. The summed E-state index contributed by atoms with van der Waals surface area (Å²) in [4.78, 5) is 11.9. The van der Waals surface area contributed by atoms with Crippen LogP contribution in [0, 0.1) is 0 Å². The van der Waals surface area contributed by atoms with Crippen LogP contribution in [0.3, 0.4) is 0 Å². The van der Waals surface area contributed by atoms with Crippen LogP contribution in [0.1, 0.15) is 20.3 Å². The van der Waals surface area contributed by atoms with E-state index in [1.54, 1.807) is 13.0 Å². The van der Waals surface area contributed by atoms with Crippen molar-refractivity contribution >= 4 is 57.6 Å². The first-order valence-electron chi connectivity index (χ1n) is 6.19. The molecule has 0 bridgehead atoms. The molecular weight excluding hydrogens is 319 g/mol. The lowest BCUT2D eigenvalue weighted by molar-refractivity contribution is -0.121. The average Bonchev–Trinajstić information content (AvgIpc) is 2.90. The molecule has 1 amide bonds. The monoisotopic (exact) mass is 332 g/mol. The van der Waals surface area contributed by atoms with Crippen LogP contribution in [0.5, 0.6) is 0 Å². The summed E-state index contributed by atoms with van der Waals surface area (Å²) < 4.78 is 8.30. The summed E-state index contributed by atoms with van der Waals surface area (Å²) in [5, 5.41) is 6.77. The highest BCUT2D eigenvalue weighted by atomic mass is 35.5. The van der Waals surface area contributed by atoms with Crippen molar-refractivity contribution in [3.05, 3.63) is 16.1 Å². The molecule has 2 rings (SSSR count). The molecule has 1 atom stereocenters. The summed E-state index contributed by atoms with van der Waals surface area (Å²) in [6.07, 6.45) is 0.889. The number of halogens is 2. The maximum absolute atomic E-state index is 11.9. The molecule has 0 radical (unpaired) electrons. The lowest BCUT2D eigenvalue weighted by atomic mass is 10.2. The second-order valence-electron chi connectivity index (χ2n) is 4.33. The molecule has 1 aromatic carbocycles. The fraction of sp³-hybridized carbons (Fsp3) is 0.417. The Bertz CT molecular complexity index is 631. The molecule has 0 saturated carbocycles. The van der Waals surface area contributed by atoms with Crippen molar-refractivity contribution in [3.63, 3.8) is 0 Å². The minimum atomic E-state index is -0.426. The quantitative estimate of drug-likeness (QED) is 0.881. The van der Waals surface area contributed by atoms with Gasteiger partial charge in [0.1, 0.15) is 17.1 Å². The van der Waals surface area contributed by atoms with E-state index in [9.17, 15) is 4.79 Å². The van der Waals surface area contributed by atoms with Gasteiger partial charge in [-0.25, -0.2) is 0 Å². The van der Waals surface area contributed by atoms with Crippen molar-refractivity contribution in [2.75, 3.05) is 11.9 Å². The molecule has 1 aromatic heterocycles. The van der Waals surface area contributed by atoms with Crippen LogP contribution in [0.15, 0.2) is 6.07 Å². The van der Waals surface area contributed by atoms with Crippen LogP contribution in [0.25, 0.3) is 11.0 Å². The van der Waals surface area contributed by atoms with E-state index in [1.165, 1.54) is 0 Å². The number of hydrogen-bond donors (Lipinski definition) is 2. The third-order valence-electron chi connectivity index (χ3n) is 2.75. The number of fused-ring (bicyclic) bond motifs is 1. The van der Waals surface area contributed by atoms with Gasteiger partial charge in [-0.1, -0.05) is 30.1 Å². The lowest BCUT2D eigenvalue weighted by Gasteiger charge is -2.16. The van der Waals surface area contributed by atoms with Crippen molar-refractivity contribution in [3.8, 4) is 0 Å². The number of nitrogens with one attached hydrogen (secondary N) is 2. The van der Waals surface area contributed by atoms with E-state index in [-0.39, 0.29) is 5.91 Å². The van der Waals surface area contributed by atoms with Gasteiger partial charge in [-0.15, -0.1) is 0 Å². The van der Waals surface area contributed by atoms with E-state index in [2.05, 4.69) is 19.4 Å². The van der Waals surface area contributed by atoms with Crippen LogP contribution < -0.4 is 10.6 Å². The zero-order chi connectivity index (χ0) is 14.7. The number of aromatic nitrogens is 2. The first-order chi connectivity index (χ1) is 9.54. The highest BCUT2D eigenvalue weighted by Crippen LogP contribution is 2.35. The molecule has 2 aromatic rings. The van der Waals surface area contributed by atoms with E-state index in [0.29, 0.717) is 33.3 Å². The van der Waals surface area contributed by atoms with Gasteiger partial charge in [0.05, 0.1) is 27.5 Å². The average molecular weight is 333 g/mol. The zero-order valence-electron chi connectivity index (χ0n) is 11.0. The number of carbonyl (C=O) groups excluding carboxylic acids is 1. The Morgan fingerprint density at radius 3 is 2.75 bits per heavy atom. The normalized spacial score (nSPS) is 12.4. The SMILES string of the molecule is CCCNC(=O)C(C)Nc1c(Cl)cc(Cl)c2nsnc12. The summed E-state index contributed by atoms with van der Waals surface area (Å²) in [7, 11) is 0. The van der Waals surface area contributed by atoms with Crippen molar-refractivity contribution in [2.24, 2.45) is 0 Å². The maximum atomic E-state index is 11.9. The smallest absolute Gasteiger partial charge is 0.242 e. The van der Waals surface area contributed by atoms with Crippen LogP contribution in [0.4, 0.5) is 5.69 Å². The molecular formula is C12H14Cl2N4OS. The fourth-order valence-electron chi connectivity index (χ4n) is 1.69. The molecule has 1 heterocycles. The van der Waals surface area contributed by atoms with E-state index in [1.807, 2.05) is 6.92 Å². The molecule has 1 unspecified atom stereocenters. The Hall–Kier alpha value is -1.11. The number of nitrogens with zero attached hydrogens (tertiary/aromatic N) is 2. The van der Waals surface area contributed by atoms with E-state index < -0.39 is 6.04 Å². The second kappa shape index (κ2) is 6.56. The summed E-state index contributed by atoms with van der Waals surface area (Å²) in [6.45, 7) is 4.41. The molecule has 0 aliphatic heterocycles. The lowest BCUT2D eigenvalue weighted by Crippen LogP contribution is -2.38. The first kappa shape index (κ1) is 15.3. The molecule has 2 N–H and O–H groups in total. The number of rotatable bonds is 5. The van der Waals surface area contributed by atoms with E-state index in [0.717, 1.165) is 18.1 Å². The predicted octanol–water partition coefficient (Wildman–Crippen LogP) is 3.32. The van der Waals surface area contributed by atoms with Gasteiger partial charge in [0.2, 0.25) is 5.91 Å². The van der Waals surface area contributed by atoms with Gasteiger partial charge in [-0.2, -0.15) is 8.75 Å². The standard InChI is InChI=1S/C12H14Cl2N4OS/c1-3-4-15-12(19)6(2)16-9-7(13)5-8(14)10-11(9)18-20-17-10/h5-6,16H,3-4H2,1-2H3,(H,15,19). The van der Waals surface area contributed by atoms with Gasteiger partial charge in [0.15, 0.2) is 0 Å². The largest absolute Gasteiger partial charge is 0.371 e. The Kier molecular flexibility index (Phi) is 5.01. The Morgan fingerprint density at radius 2 is 2.05 bits per heavy atom. The molecule has 8 heteroatoms. The molecule has 0 spiro atoms. The number of anilines is 1. The van der Waals surface area contributed by atoms with Crippen molar-refractivity contribution in [1.82, 2.24) is 14.1 Å². The van der Waals surface area contributed by atoms with Crippen molar-refractivity contribution < 1.29 is 4.79 Å². The summed E-state index contributed by atoms with van der Waals surface area (Å²) in [5.41, 5.74) is 1.76. The molecule has 0 saturated heterocycles. The van der Waals surface area contributed by atoms with Gasteiger partial charge in [-0.3, -0.25) is 4.79 Å². The number of benzene rings is 1. The van der Waals surface area contributed by atoms with Gasteiger partial charge in [0.25, 0.3) is 0 Å². The third-order valence-corrected chi connectivity index (χ3v) is 3.86. The summed E-state index contributed by atoms with van der Waals surface area (Å²) in [5.74, 6) is -0.0887. The number of amides is 1. The van der Waals surface area contributed by atoms with Crippen LogP contribution in [-0.2, 0) is 4.79 Å². The van der Waals surface area contributed by atoms with Crippen molar-refractivity contribution in [2.45, 2.75) is 26.3 Å². The minimum Gasteiger partial charge on any atom is -0.371 e. The van der Waals surface area contributed by atoms with Gasteiger partial charge >= 0.3 is 0 Å².